The van der Waals surface area contributed by atoms with E-state index < -0.39 is 0 Å². The smallest absolute Gasteiger partial charge is 0.315 e. The van der Waals surface area contributed by atoms with Gasteiger partial charge in [0.15, 0.2) is 0 Å². The van der Waals surface area contributed by atoms with Gasteiger partial charge in [-0.05, 0) is 56.1 Å². The molecular weight excluding hydrogens is 400 g/mol. The van der Waals surface area contributed by atoms with E-state index in [4.69, 9.17) is 0 Å². The predicted molar refractivity (Wildman–Crippen MR) is 128 cm³/mol. The van der Waals surface area contributed by atoms with Gasteiger partial charge < -0.3 is 21.3 Å². The number of carbonyl (C=O) groups is 2. The molecule has 4 N–H and O–H groups in total. The quantitative estimate of drug-likeness (QED) is 0.494. The summed E-state index contributed by atoms with van der Waals surface area (Å²) in [6.45, 7) is 6.51. The molecule has 0 unspecified atom stereocenters. The molecule has 172 valence electrons. The maximum Gasteiger partial charge on any atom is 0.315 e. The van der Waals surface area contributed by atoms with E-state index in [1.54, 1.807) is 0 Å². The first-order valence-corrected chi connectivity index (χ1v) is 11.6. The van der Waals surface area contributed by atoms with Crippen LogP contribution in [0, 0.1) is 25.7 Å². The third kappa shape index (κ3) is 8.25. The van der Waals surface area contributed by atoms with Crippen LogP contribution in [0.3, 0.4) is 0 Å². The average Bonchev–Trinajstić information content (AvgIpc) is 2.79. The van der Waals surface area contributed by atoms with Gasteiger partial charge in [0.25, 0.3) is 0 Å². The summed E-state index contributed by atoms with van der Waals surface area (Å²) in [6.07, 6.45) is 4.40. The van der Waals surface area contributed by atoms with Crippen LogP contribution in [0.4, 0.5) is 9.59 Å². The van der Waals surface area contributed by atoms with Gasteiger partial charge in [-0.2, -0.15) is 0 Å². The molecule has 0 radical (unpaired) electrons. The third-order valence-electron chi connectivity index (χ3n) is 6.07. The zero-order valence-electron chi connectivity index (χ0n) is 19.2. The van der Waals surface area contributed by atoms with Crippen molar-refractivity contribution in [3.63, 3.8) is 0 Å². The Morgan fingerprint density at radius 1 is 0.750 bits per heavy atom. The van der Waals surface area contributed by atoms with Crippen molar-refractivity contribution in [3.05, 3.63) is 70.8 Å². The van der Waals surface area contributed by atoms with Gasteiger partial charge in [-0.25, -0.2) is 9.59 Å². The minimum Gasteiger partial charge on any atom is -0.338 e. The van der Waals surface area contributed by atoms with Crippen LogP contribution in [0.5, 0.6) is 0 Å². The Kier molecular flexibility index (Phi) is 8.96. The van der Waals surface area contributed by atoms with Crippen LogP contribution in [0.25, 0.3) is 0 Å². The molecule has 0 saturated heterocycles. The number of aryl methyl sites for hydroxylation is 2. The topological polar surface area (TPSA) is 82.3 Å². The molecule has 6 nitrogen and oxygen atoms in total. The summed E-state index contributed by atoms with van der Waals surface area (Å²) >= 11 is 0. The molecule has 2 aromatic rings. The number of nitrogens with one attached hydrogen (secondary N) is 4. The molecule has 0 spiro atoms. The standard InChI is InChI=1S/C26H36N4O2/c1-19-6-3-8-21(12-19)15-27-25(31)29-17-23-10-5-11-24(14-23)18-30-26(32)28-16-22-9-4-7-20(2)13-22/h3-4,6-9,12-13,23-24H,5,10-11,14-18H2,1-2H3,(H2,27,29,31)(H2,28,30,32)/t23-,24+. The van der Waals surface area contributed by atoms with Gasteiger partial charge in [-0.15, -0.1) is 0 Å². The maximum atomic E-state index is 12.2. The van der Waals surface area contributed by atoms with E-state index in [1.807, 2.05) is 50.2 Å². The second-order valence-corrected chi connectivity index (χ2v) is 9.00. The average molecular weight is 437 g/mol. The van der Waals surface area contributed by atoms with Crippen LogP contribution >= 0.6 is 0 Å². The lowest BCUT2D eigenvalue weighted by Crippen LogP contribution is -2.41. The zero-order chi connectivity index (χ0) is 22.8. The van der Waals surface area contributed by atoms with E-state index in [-0.39, 0.29) is 12.1 Å². The highest BCUT2D eigenvalue weighted by molar-refractivity contribution is 5.74. The highest BCUT2D eigenvalue weighted by Crippen LogP contribution is 2.28. The van der Waals surface area contributed by atoms with Gasteiger partial charge in [0.05, 0.1) is 0 Å². The molecule has 2 aromatic carbocycles. The minimum absolute atomic E-state index is 0.123. The Morgan fingerprint density at radius 2 is 1.22 bits per heavy atom. The highest BCUT2D eigenvalue weighted by atomic mass is 16.2. The van der Waals surface area contributed by atoms with E-state index >= 15 is 0 Å². The number of hydrogen-bond acceptors (Lipinski definition) is 2. The molecule has 32 heavy (non-hydrogen) atoms. The summed E-state index contributed by atoms with van der Waals surface area (Å²) in [7, 11) is 0. The number of amides is 4. The number of rotatable bonds is 8. The lowest BCUT2D eigenvalue weighted by atomic mass is 9.81. The fourth-order valence-corrected chi connectivity index (χ4v) is 4.38. The SMILES string of the molecule is Cc1cccc(CNC(=O)NC[C@H]2CCC[C@@H](CNC(=O)NCc3cccc(C)c3)C2)c1. The number of urea groups is 2. The third-order valence-corrected chi connectivity index (χ3v) is 6.07. The Labute approximate surface area is 191 Å². The predicted octanol–water partition coefficient (Wildman–Crippen LogP) is 4.41. The van der Waals surface area contributed by atoms with Gasteiger partial charge in [-0.1, -0.05) is 66.1 Å². The molecular formula is C26H36N4O2. The largest absolute Gasteiger partial charge is 0.338 e. The van der Waals surface area contributed by atoms with Gasteiger partial charge >= 0.3 is 12.1 Å². The van der Waals surface area contributed by atoms with Gasteiger partial charge in [-0.3, -0.25) is 0 Å². The molecule has 6 heteroatoms. The molecule has 0 aliphatic heterocycles. The van der Waals surface area contributed by atoms with E-state index in [2.05, 4.69) is 33.4 Å². The molecule has 1 saturated carbocycles. The molecule has 1 aliphatic carbocycles. The van der Waals surface area contributed by atoms with Crippen LogP contribution in [0.15, 0.2) is 48.5 Å². The Balaban J connectivity index is 1.31. The fourth-order valence-electron chi connectivity index (χ4n) is 4.38. The first kappa shape index (κ1) is 23.6. The van der Waals surface area contributed by atoms with E-state index in [0.717, 1.165) is 36.8 Å². The summed E-state index contributed by atoms with van der Waals surface area (Å²) in [6, 6.07) is 16.0. The van der Waals surface area contributed by atoms with Crippen molar-refractivity contribution in [3.8, 4) is 0 Å². The van der Waals surface area contributed by atoms with Crippen molar-refractivity contribution in [1.29, 1.82) is 0 Å². The van der Waals surface area contributed by atoms with Crippen LogP contribution in [-0.2, 0) is 13.1 Å². The monoisotopic (exact) mass is 436 g/mol. The van der Waals surface area contributed by atoms with Gasteiger partial charge in [0.1, 0.15) is 0 Å². The van der Waals surface area contributed by atoms with Crippen molar-refractivity contribution in [1.82, 2.24) is 21.3 Å². The normalized spacial score (nSPS) is 17.9. The second-order valence-electron chi connectivity index (χ2n) is 9.00. The summed E-state index contributed by atoms with van der Waals surface area (Å²) in [5.74, 6) is 0.909. The Morgan fingerprint density at radius 3 is 1.66 bits per heavy atom. The molecule has 1 aliphatic rings. The molecule has 4 amide bonds. The van der Waals surface area contributed by atoms with Gasteiger partial charge in [0.2, 0.25) is 0 Å². The van der Waals surface area contributed by atoms with E-state index in [1.165, 1.54) is 11.1 Å². The first-order valence-electron chi connectivity index (χ1n) is 11.6. The van der Waals surface area contributed by atoms with Crippen molar-refractivity contribution < 1.29 is 9.59 Å². The summed E-state index contributed by atoms with van der Waals surface area (Å²) in [5.41, 5.74) is 4.58. The Bertz CT molecular complexity index is 827. The molecule has 0 heterocycles. The lowest BCUT2D eigenvalue weighted by Gasteiger charge is -2.29. The number of hydrogen-bond donors (Lipinski definition) is 4. The minimum atomic E-state index is -0.123. The molecule has 3 rings (SSSR count). The molecule has 0 aromatic heterocycles. The highest BCUT2D eigenvalue weighted by Gasteiger charge is 2.22. The van der Waals surface area contributed by atoms with Gasteiger partial charge in [0, 0.05) is 26.2 Å². The number of benzene rings is 2. The first-order chi connectivity index (χ1) is 15.5. The van der Waals surface area contributed by atoms with Crippen LogP contribution in [0.1, 0.15) is 47.9 Å². The maximum absolute atomic E-state index is 12.2. The number of carbonyl (C=O) groups excluding carboxylic acids is 2. The summed E-state index contributed by atoms with van der Waals surface area (Å²) in [5, 5.41) is 11.9. The van der Waals surface area contributed by atoms with E-state index in [9.17, 15) is 9.59 Å². The van der Waals surface area contributed by atoms with Crippen molar-refractivity contribution in [2.24, 2.45) is 11.8 Å². The molecule has 2 atom stereocenters. The Hall–Kier alpha value is -3.02. The van der Waals surface area contributed by atoms with Crippen molar-refractivity contribution >= 4 is 12.1 Å². The zero-order valence-corrected chi connectivity index (χ0v) is 19.2. The second kappa shape index (κ2) is 12.1. The van der Waals surface area contributed by atoms with Crippen LogP contribution < -0.4 is 21.3 Å². The van der Waals surface area contributed by atoms with Crippen molar-refractivity contribution in [2.75, 3.05) is 13.1 Å². The molecule has 1 fully saturated rings. The van der Waals surface area contributed by atoms with Crippen LogP contribution in [-0.4, -0.2) is 25.2 Å². The summed E-state index contributed by atoms with van der Waals surface area (Å²) < 4.78 is 0. The van der Waals surface area contributed by atoms with Crippen molar-refractivity contribution in [2.45, 2.75) is 52.6 Å². The summed E-state index contributed by atoms with van der Waals surface area (Å²) in [4.78, 5) is 24.3. The van der Waals surface area contributed by atoms with E-state index in [0.29, 0.717) is 38.0 Å². The fraction of sp³-hybridized carbons (Fsp3) is 0.462. The molecule has 0 bridgehead atoms. The van der Waals surface area contributed by atoms with Crippen LogP contribution in [0.2, 0.25) is 0 Å². The lowest BCUT2D eigenvalue weighted by molar-refractivity contribution is 0.221.